The first-order valence-corrected chi connectivity index (χ1v) is 9.15. The molecule has 3 heterocycles. The van der Waals surface area contributed by atoms with Crippen LogP contribution in [0.4, 0.5) is 4.39 Å². The van der Waals surface area contributed by atoms with Gasteiger partial charge in [0.25, 0.3) is 11.8 Å². The van der Waals surface area contributed by atoms with Gasteiger partial charge in [-0.25, -0.2) is 9.37 Å². The summed E-state index contributed by atoms with van der Waals surface area (Å²) < 4.78 is 22.4. The van der Waals surface area contributed by atoms with Crippen LogP contribution < -0.4 is 15.8 Å². The lowest BCUT2D eigenvalue weighted by atomic mass is 9.87. The van der Waals surface area contributed by atoms with Crippen molar-refractivity contribution in [3.8, 4) is 5.75 Å². The van der Waals surface area contributed by atoms with Crippen LogP contribution in [0.3, 0.4) is 0 Å². The largest absolute Gasteiger partial charge is 0.489 e. The van der Waals surface area contributed by atoms with Gasteiger partial charge in [-0.3, -0.25) is 14.0 Å². The van der Waals surface area contributed by atoms with Crippen LogP contribution in [0.2, 0.25) is 0 Å². The Morgan fingerprint density at radius 3 is 2.71 bits per heavy atom. The van der Waals surface area contributed by atoms with E-state index in [1.54, 1.807) is 35.0 Å². The standard InChI is InChI=1S/C20H21FN4O3.3H2S/c1-3-13-14(24-19(27)20(13,2)21)10-28-15-6-4-5-11-9-12(17(22)26)18-23-7-8-25(18)16(11)15;;;/h4-9,13-14H,3,10H2,1-2H3,(H2,22,26)(H,24,27);3*1H2/t13-,14+,20-;;;/m0.../s1. The molecule has 170 valence electrons. The van der Waals surface area contributed by atoms with Crippen molar-refractivity contribution in [3.05, 3.63) is 42.2 Å². The Kier molecular flexibility index (Phi) is 8.69. The van der Waals surface area contributed by atoms with Crippen molar-refractivity contribution in [1.29, 1.82) is 0 Å². The number of benzene rings is 1. The fourth-order valence-corrected chi connectivity index (χ4v) is 4.08. The quantitative estimate of drug-likeness (QED) is 0.579. The van der Waals surface area contributed by atoms with E-state index in [4.69, 9.17) is 10.5 Å². The molecule has 1 aliphatic heterocycles. The van der Waals surface area contributed by atoms with Crippen molar-refractivity contribution in [3.63, 3.8) is 0 Å². The van der Waals surface area contributed by atoms with Crippen LogP contribution >= 0.6 is 40.5 Å². The molecule has 1 aliphatic rings. The maximum absolute atomic E-state index is 14.7. The Morgan fingerprint density at radius 2 is 2.06 bits per heavy atom. The van der Waals surface area contributed by atoms with E-state index in [9.17, 15) is 14.0 Å². The minimum absolute atomic E-state index is 0. The van der Waals surface area contributed by atoms with Crippen molar-refractivity contribution >= 4 is 68.9 Å². The molecule has 3 atom stereocenters. The highest BCUT2D eigenvalue weighted by atomic mass is 32.1. The van der Waals surface area contributed by atoms with E-state index < -0.39 is 29.4 Å². The van der Waals surface area contributed by atoms with E-state index in [2.05, 4.69) is 10.3 Å². The Hall–Kier alpha value is -2.11. The van der Waals surface area contributed by atoms with Gasteiger partial charge in [0.15, 0.2) is 5.67 Å². The number of amides is 2. The molecule has 0 spiro atoms. The van der Waals surface area contributed by atoms with Crippen molar-refractivity contribution in [2.24, 2.45) is 11.7 Å². The van der Waals surface area contributed by atoms with Gasteiger partial charge in [-0.2, -0.15) is 40.5 Å². The molecule has 1 fully saturated rings. The van der Waals surface area contributed by atoms with Crippen LogP contribution in [0, 0.1) is 5.92 Å². The number of fused-ring (bicyclic) bond motifs is 3. The van der Waals surface area contributed by atoms with Crippen LogP contribution in [0.25, 0.3) is 16.6 Å². The summed E-state index contributed by atoms with van der Waals surface area (Å²) >= 11 is 0. The second-order valence-electron chi connectivity index (χ2n) is 7.22. The molecule has 3 aromatic rings. The molecule has 0 unspecified atom stereocenters. The lowest BCUT2D eigenvalue weighted by Crippen LogP contribution is -2.35. The van der Waals surface area contributed by atoms with Crippen molar-refractivity contribution in [2.75, 3.05) is 6.61 Å². The highest BCUT2D eigenvalue weighted by Crippen LogP contribution is 2.35. The Balaban J connectivity index is 0.00000160. The molecule has 0 bridgehead atoms. The van der Waals surface area contributed by atoms with Gasteiger partial charge < -0.3 is 15.8 Å². The van der Waals surface area contributed by atoms with E-state index in [0.29, 0.717) is 23.4 Å². The zero-order valence-electron chi connectivity index (χ0n) is 17.1. The van der Waals surface area contributed by atoms with Crippen LogP contribution in [-0.2, 0) is 4.79 Å². The number of primary amides is 1. The first-order valence-electron chi connectivity index (χ1n) is 9.15. The number of carbonyl (C=O) groups excluding carboxylic acids is 2. The number of hydrogen-bond donors (Lipinski definition) is 2. The van der Waals surface area contributed by atoms with E-state index in [1.807, 2.05) is 13.0 Å². The molecule has 0 aliphatic carbocycles. The molecule has 2 aromatic heterocycles. The topological polar surface area (TPSA) is 98.7 Å². The number of nitrogens with zero attached hydrogens (tertiary/aromatic N) is 2. The maximum Gasteiger partial charge on any atom is 0.258 e. The molecule has 1 saturated heterocycles. The molecule has 4 rings (SSSR count). The van der Waals surface area contributed by atoms with Crippen LogP contribution in [0.15, 0.2) is 36.7 Å². The summed E-state index contributed by atoms with van der Waals surface area (Å²) in [5.74, 6) is -1.09. The predicted molar refractivity (Wildman–Crippen MR) is 133 cm³/mol. The molecule has 2 amide bonds. The smallest absolute Gasteiger partial charge is 0.258 e. The van der Waals surface area contributed by atoms with Gasteiger partial charge in [-0.05, 0) is 25.5 Å². The number of pyridine rings is 1. The van der Waals surface area contributed by atoms with E-state index in [1.165, 1.54) is 6.92 Å². The molecule has 0 saturated carbocycles. The molecular weight excluding hydrogens is 459 g/mol. The number of para-hydroxylation sites is 1. The minimum atomic E-state index is -1.91. The zero-order valence-corrected chi connectivity index (χ0v) is 20.1. The third-order valence-corrected chi connectivity index (χ3v) is 5.52. The average molecular weight is 487 g/mol. The van der Waals surface area contributed by atoms with Crippen LogP contribution in [0.5, 0.6) is 5.75 Å². The normalized spacial score (nSPS) is 22.2. The molecule has 3 N–H and O–H groups in total. The van der Waals surface area contributed by atoms with Crippen molar-refractivity contribution < 1.29 is 18.7 Å². The van der Waals surface area contributed by atoms with Gasteiger partial charge in [-0.15, -0.1) is 0 Å². The lowest BCUT2D eigenvalue weighted by Gasteiger charge is -2.23. The number of rotatable bonds is 5. The number of hydrogen-bond acceptors (Lipinski definition) is 4. The number of ether oxygens (including phenoxy) is 1. The summed E-state index contributed by atoms with van der Waals surface area (Å²) in [4.78, 5) is 27.9. The molecule has 0 radical (unpaired) electrons. The second kappa shape index (κ2) is 10.0. The highest BCUT2D eigenvalue weighted by molar-refractivity contribution is 7.59. The van der Waals surface area contributed by atoms with E-state index in [-0.39, 0.29) is 47.1 Å². The Bertz CT molecular complexity index is 1110. The summed E-state index contributed by atoms with van der Waals surface area (Å²) in [6.45, 7) is 3.31. The Labute approximate surface area is 200 Å². The number of alkyl halides is 1. The SMILES string of the molecule is CC[C@H]1[C@@H](COc2cccc3cc(C(N)=O)c4nccn4c23)NC(=O)[C@@]1(C)F.S.S.S. The molecule has 1 aromatic carbocycles. The number of carbonyl (C=O) groups is 2. The lowest BCUT2D eigenvalue weighted by molar-refractivity contribution is -0.129. The summed E-state index contributed by atoms with van der Waals surface area (Å²) in [6, 6.07) is 6.69. The van der Waals surface area contributed by atoms with Gasteiger partial charge in [-0.1, -0.05) is 19.1 Å². The predicted octanol–water partition coefficient (Wildman–Crippen LogP) is 2.56. The first-order chi connectivity index (χ1) is 13.3. The molecular formula is C20H27FN4O3S3. The van der Waals surface area contributed by atoms with E-state index >= 15 is 0 Å². The van der Waals surface area contributed by atoms with Crippen molar-refractivity contribution in [2.45, 2.75) is 32.0 Å². The highest BCUT2D eigenvalue weighted by Gasteiger charge is 2.51. The first kappa shape index (κ1) is 26.9. The summed E-state index contributed by atoms with van der Waals surface area (Å²) in [5, 5.41) is 3.46. The van der Waals surface area contributed by atoms with E-state index in [0.717, 1.165) is 10.9 Å². The minimum Gasteiger partial charge on any atom is -0.489 e. The van der Waals surface area contributed by atoms with Crippen LogP contribution in [-0.4, -0.2) is 39.5 Å². The summed E-state index contributed by atoms with van der Waals surface area (Å²) in [6.07, 6.45) is 3.82. The fourth-order valence-electron chi connectivity index (χ4n) is 4.08. The molecule has 31 heavy (non-hydrogen) atoms. The van der Waals surface area contributed by atoms with Gasteiger partial charge >= 0.3 is 0 Å². The summed E-state index contributed by atoms with van der Waals surface area (Å²) in [7, 11) is 0. The van der Waals surface area contributed by atoms with Gasteiger partial charge in [0, 0.05) is 23.7 Å². The number of nitrogens with two attached hydrogens (primary N) is 1. The molecule has 11 heteroatoms. The average Bonchev–Trinajstić information content (AvgIpc) is 3.22. The third kappa shape index (κ3) is 4.44. The zero-order chi connectivity index (χ0) is 20.1. The van der Waals surface area contributed by atoms with Gasteiger partial charge in [0.2, 0.25) is 0 Å². The second-order valence-corrected chi connectivity index (χ2v) is 7.22. The number of imidazole rings is 1. The summed E-state index contributed by atoms with van der Waals surface area (Å²) in [5.41, 5.74) is 5.05. The monoisotopic (exact) mass is 486 g/mol. The number of aromatic nitrogens is 2. The number of halogens is 1. The van der Waals surface area contributed by atoms with Gasteiger partial charge in [0.05, 0.1) is 17.1 Å². The Morgan fingerprint density at radius 1 is 1.35 bits per heavy atom. The van der Waals surface area contributed by atoms with Gasteiger partial charge in [0.1, 0.15) is 18.0 Å². The number of nitrogens with one attached hydrogen (secondary N) is 1. The van der Waals surface area contributed by atoms with Crippen molar-refractivity contribution in [1.82, 2.24) is 14.7 Å². The maximum atomic E-state index is 14.7. The third-order valence-electron chi connectivity index (χ3n) is 5.52. The fraction of sp³-hybridized carbons (Fsp3) is 0.350. The van der Waals surface area contributed by atoms with Crippen LogP contribution in [0.1, 0.15) is 30.6 Å². The molecule has 7 nitrogen and oxygen atoms in total.